The quantitative estimate of drug-likeness (QED) is 0.818. The monoisotopic (exact) mass is 342 g/mol. The number of rotatable bonds is 6. The average Bonchev–Trinajstić information content (AvgIpc) is 2.63. The third-order valence-corrected chi connectivity index (χ3v) is 5.01. The number of hydrogen-bond donors (Lipinski definition) is 1. The van der Waals surface area contributed by atoms with Gasteiger partial charge in [0, 0.05) is 23.7 Å². The number of para-hydroxylation sites is 1. The maximum Gasteiger partial charge on any atom is 0.238 e. The van der Waals surface area contributed by atoms with Crippen LogP contribution in [0, 0.1) is 0 Å². The molecule has 0 saturated carbocycles. The Hall–Kier alpha value is -1.82. The van der Waals surface area contributed by atoms with Gasteiger partial charge in [-0.2, -0.15) is 0 Å². The van der Waals surface area contributed by atoms with Crippen molar-refractivity contribution in [3.05, 3.63) is 60.2 Å². The highest BCUT2D eigenvalue weighted by atomic mass is 32.2. The zero-order chi connectivity index (χ0) is 16.6. The molecular formula is C19H22N2O2S. The van der Waals surface area contributed by atoms with E-state index in [0.29, 0.717) is 19.8 Å². The molecule has 0 aromatic heterocycles. The van der Waals surface area contributed by atoms with Gasteiger partial charge in [-0.3, -0.25) is 9.69 Å². The Kier molecular flexibility index (Phi) is 6.29. The number of amides is 1. The zero-order valence-electron chi connectivity index (χ0n) is 13.6. The number of carbonyl (C=O) groups is 1. The lowest BCUT2D eigenvalue weighted by Gasteiger charge is -2.25. The molecule has 4 nitrogen and oxygen atoms in total. The summed E-state index contributed by atoms with van der Waals surface area (Å²) in [5, 5.41) is 3.05. The van der Waals surface area contributed by atoms with Crippen LogP contribution in [0.1, 0.15) is 5.56 Å². The Morgan fingerprint density at radius 3 is 2.54 bits per heavy atom. The number of morpholine rings is 1. The first-order valence-corrected chi connectivity index (χ1v) is 9.15. The van der Waals surface area contributed by atoms with Crippen molar-refractivity contribution in [2.24, 2.45) is 0 Å². The summed E-state index contributed by atoms with van der Waals surface area (Å²) in [6.45, 7) is 3.46. The van der Waals surface area contributed by atoms with Crippen molar-refractivity contribution >= 4 is 23.4 Å². The average molecular weight is 342 g/mol. The van der Waals surface area contributed by atoms with Crippen molar-refractivity contribution < 1.29 is 9.53 Å². The molecule has 0 aliphatic carbocycles. The van der Waals surface area contributed by atoms with E-state index in [4.69, 9.17) is 4.74 Å². The van der Waals surface area contributed by atoms with Crippen LogP contribution in [0.4, 0.5) is 5.69 Å². The summed E-state index contributed by atoms with van der Waals surface area (Å²) in [5.74, 6) is 0.918. The van der Waals surface area contributed by atoms with Gasteiger partial charge >= 0.3 is 0 Å². The Balaban J connectivity index is 1.57. The number of nitrogens with zero attached hydrogens (tertiary/aromatic N) is 1. The van der Waals surface area contributed by atoms with E-state index in [2.05, 4.69) is 28.4 Å². The van der Waals surface area contributed by atoms with E-state index in [1.165, 1.54) is 5.56 Å². The summed E-state index contributed by atoms with van der Waals surface area (Å²) >= 11 is 1.74. The molecular weight excluding hydrogens is 320 g/mol. The molecule has 126 valence electrons. The second-order valence-electron chi connectivity index (χ2n) is 5.71. The fourth-order valence-electron chi connectivity index (χ4n) is 2.58. The fraction of sp³-hybridized carbons (Fsp3) is 0.316. The molecule has 24 heavy (non-hydrogen) atoms. The molecule has 1 N–H and O–H groups in total. The van der Waals surface area contributed by atoms with Crippen LogP contribution in [0.25, 0.3) is 0 Å². The molecule has 1 heterocycles. The van der Waals surface area contributed by atoms with E-state index in [1.807, 2.05) is 36.4 Å². The van der Waals surface area contributed by atoms with Crippen LogP contribution in [0.5, 0.6) is 0 Å². The van der Waals surface area contributed by atoms with Crippen molar-refractivity contribution in [1.29, 1.82) is 0 Å². The summed E-state index contributed by atoms with van der Waals surface area (Å²) in [6, 6.07) is 18.3. The number of anilines is 1. The highest BCUT2D eigenvalue weighted by Crippen LogP contribution is 2.29. The molecule has 5 heteroatoms. The molecule has 2 aromatic carbocycles. The van der Waals surface area contributed by atoms with Gasteiger partial charge in [-0.25, -0.2) is 0 Å². The van der Waals surface area contributed by atoms with Gasteiger partial charge in [0.2, 0.25) is 5.91 Å². The highest BCUT2D eigenvalue weighted by Gasteiger charge is 2.15. The number of carbonyl (C=O) groups excluding carboxylic acids is 1. The minimum absolute atomic E-state index is 0.0321. The van der Waals surface area contributed by atoms with E-state index in [1.54, 1.807) is 11.8 Å². The normalized spacial score (nSPS) is 15.2. The minimum atomic E-state index is 0.0321. The summed E-state index contributed by atoms with van der Waals surface area (Å²) in [6.07, 6.45) is 0. The maximum absolute atomic E-state index is 12.3. The van der Waals surface area contributed by atoms with Crippen LogP contribution >= 0.6 is 11.8 Å². The van der Waals surface area contributed by atoms with Gasteiger partial charge in [0.05, 0.1) is 25.4 Å². The van der Waals surface area contributed by atoms with Gasteiger partial charge < -0.3 is 10.1 Å². The number of ether oxygens (including phenoxy) is 1. The topological polar surface area (TPSA) is 41.6 Å². The largest absolute Gasteiger partial charge is 0.379 e. The number of hydrogen-bond acceptors (Lipinski definition) is 4. The molecule has 1 saturated heterocycles. The summed E-state index contributed by atoms with van der Waals surface area (Å²) in [5.41, 5.74) is 2.16. The Bertz CT molecular complexity index is 657. The van der Waals surface area contributed by atoms with Crippen LogP contribution in [0.2, 0.25) is 0 Å². The van der Waals surface area contributed by atoms with Crippen LogP contribution < -0.4 is 5.32 Å². The predicted octanol–water partition coefficient (Wildman–Crippen LogP) is 3.25. The lowest BCUT2D eigenvalue weighted by atomic mass is 10.2. The van der Waals surface area contributed by atoms with Gasteiger partial charge in [0.1, 0.15) is 0 Å². The molecule has 2 aromatic rings. The maximum atomic E-state index is 12.3. The van der Waals surface area contributed by atoms with Crippen molar-refractivity contribution in [2.75, 3.05) is 38.2 Å². The van der Waals surface area contributed by atoms with Crippen molar-refractivity contribution in [3.8, 4) is 0 Å². The number of thioether (sulfide) groups is 1. The van der Waals surface area contributed by atoms with Crippen molar-refractivity contribution in [3.63, 3.8) is 0 Å². The molecule has 0 unspecified atom stereocenters. The van der Waals surface area contributed by atoms with Crippen LogP contribution in [-0.2, 0) is 15.3 Å². The molecule has 0 bridgehead atoms. The molecule has 0 spiro atoms. The van der Waals surface area contributed by atoms with Crippen LogP contribution in [0.15, 0.2) is 59.5 Å². The first-order valence-electron chi connectivity index (χ1n) is 8.17. The molecule has 1 aliphatic heterocycles. The van der Waals surface area contributed by atoms with E-state index >= 15 is 0 Å². The van der Waals surface area contributed by atoms with Gasteiger partial charge in [-0.1, -0.05) is 42.5 Å². The smallest absolute Gasteiger partial charge is 0.238 e. The zero-order valence-corrected chi connectivity index (χ0v) is 14.4. The lowest BCUT2D eigenvalue weighted by Crippen LogP contribution is -2.41. The second-order valence-corrected chi connectivity index (χ2v) is 6.72. The fourth-order valence-corrected chi connectivity index (χ4v) is 3.55. The van der Waals surface area contributed by atoms with Gasteiger partial charge in [0.15, 0.2) is 0 Å². The number of nitrogens with one attached hydrogen (secondary N) is 1. The predicted molar refractivity (Wildman–Crippen MR) is 98.3 cm³/mol. The second kappa shape index (κ2) is 8.87. The molecule has 0 radical (unpaired) electrons. The SMILES string of the molecule is O=C(CN1CCOCC1)Nc1ccccc1SCc1ccccc1. The standard InChI is InChI=1S/C19H22N2O2S/c22-19(14-21-10-12-23-13-11-21)20-17-8-4-5-9-18(17)24-15-16-6-2-1-3-7-16/h1-9H,10-15H2,(H,20,22). The van der Waals surface area contributed by atoms with E-state index in [-0.39, 0.29) is 5.91 Å². The molecule has 0 atom stereocenters. The van der Waals surface area contributed by atoms with Crippen molar-refractivity contribution in [1.82, 2.24) is 4.90 Å². The first kappa shape index (κ1) is 17.0. The van der Waals surface area contributed by atoms with Crippen LogP contribution in [0.3, 0.4) is 0 Å². The van der Waals surface area contributed by atoms with E-state index < -0.39 is 0 Å². The molecule has 1 aliphatic rings. The summed E-state index contributed by atoms with van der Waals surface area (Å²) in [4.78, 5) is 15.5. The highest BCUT2D eigenvalue weighted by molar-refractivity contribution is 7.98. The lowest BCUT2D eigenvalue weighted by molar-refractivity contribution is -0.118. The Morgan fingerprint density at radius 2 is 1.75 bits per heavy atom. The molecule has 3 rings (SSSR count). The number of benzene rings is 2. The summed E-state index contributed by atoms with van der Waals surface area (Å²) < 4.78 is 5.32. The third-order valence-electron chi connectivity index (χ3n) is 3.87. The van der Waals surface area contributed by atoms with Crippen molar-refractivity contribution in [2.45, 2.75) is 10.6 Å². The first-order chi connectivity index (χ1) is 11.8. The van der Waals surface area contributed by atoms with E-state index in [9.17, 15) is 4.79 Å². The van der Waals surface area contributed by atoms with Gasteiger partial charge in [-0.15, -0.1) is 11.8 Å². The Morgan fingerprint density at radius 1 is 1.04 bits per heavy atom. The van der Waals surface area contributed by atoms with Crippen LogP contribution in [-0.4, -0.2) is 43.7 Å². The van der Waals surface area contributed by atoms with Gasteiger partial charge in [-0.05, 0) is 17.7 Å². The Labute approximate surface area is 147 Å². The third kappa shape index (κ3) is 5.09. The van der Waals surface area contributed by atoms with E-state index in [0.717, 1.165) is 29.4 Å². The summed E-state index contributed by atoms with van der Waals surface area (Å²) in [7, 11) is 0. The van der Waals surface area contributed by atoms with Gasteiger partial charge in [0.25, 0.3) is 0 Å². The molecule has 1 fully saturated rings. The minimum Gasteiger partial charge on any atom is -0.379 e. The molecule has 1 amide bonds.